The molecule has 0 saturated carbocycles. The van der Waals surface area contributed by atoms with Crippen LogP contribution in [0.25, 0.3) is 0 Å². The summed E-state index contributed by atoms with van der Waals surface area (Å²) in [7, 11) is 0. The van der Waals surface area contributed by atoms with Crippen LogP contribution in [0, 0.1) is 0 Å². The molecule has 0 aliphatic rings. The zero-order chi connectivity index (χ0) is 16.9. The smallest absolute Gasteiger partial charge is 0.416 e. The first kappa shape index (κ1) is 17.0. The van der Waals surface area contributed by atoms with E-state index < -0.39 is 17.7 Å². The monoisotopic (exact) mass is 329 g/mol. The quantitative estimate of drug-likeness (QED) is 0.758. The number of alkyl halides is 3. The molecule has 5 nitrogen and oxygen atoms in total. The van der Waals surface area contributed by atoms with Crippen LogP contribution in [0.2, 0.25) is 0 Å². The molecule has 0 atom stereocenters. The Labute approximate surface area is 130 Å². The SMILES string of the molecule is CCOC(=O)c1cc(COCc2ccc(C(F)(F)F)cc2)on1. The molecule has 2 rings (SSSR count). The van der Waals surface area contributed by atoms with Crippen LogP contribution in [0.15, 0.2) is 34.9 Å². The minimum absolute atomic E-state index is 0.0351. The van der Waals surface area contributed by atoms with E-state index in [1.165, 1.54) is 18.2 Å². The lowest BCUT2D eigenvalue weighted by atomic mass is 10.1. The Balaban J connectivity index is 1.84. The second kappa shape index (κ2) is 7.28. The maximum absolute atomic E-state index is 12.4. The van der Waals surface area contributed by atoms with Gasteiger partial charge in [-0.05, 0) is 24.6 Å². The van der Waals surface area contributed by atoms with Crippen molar-refractivity contribution in [2.75, 3.05) is 6.61 Å². The van der Waals surface area contributed by atoms with Gasteiger partial charge in [-0.15, -0.1) is 0 Å². The first-order valence-electron chi connectivity index (χ1n) is 6.76. The molecule has 0 N–H and O–H groups in total. The van der Waals surface area contributed by atoms with Gasteiger partial charge >= 0.3 is 12.1 Å². The minimum atomic E-state index is -4.36. The molecule has 0 spiro atoms. The predicted molar refractivity (Wildman–Crippen MR) is 72.4 cm³/mol. The van der Waals surface area contributed by atoms with Gasteiger partial charge in [-0.25, -0.2) is 4.79 Å². The van der Waals surface area contributed by atoms with Crippen molar-refractivity contribution < 1.29 is 32.0 Å². The summed E-state index contributed by atoms with van der Waals surface area (Å²) in [6.45, 7) is 2.04. The Kier molecular flexibility index (Phi) is 5.38. The number of ether oxygens (including phenoxy) is 2. The van der Waals surface area contributed by atoms with E-state index in [-0.39, 0.29) is 25.5 Å². The lowest BCUT2D eigenvalue weighted by Gasteiger charge is -2.07. The second-order valence-corrected chi connectivity index (χ2v) is 4.59. The summed E-state index contributed by atoms with van der Waals surface area (Å²) in [6.07, 6.45) is -4.36. The van der Waals surface area contributed by atoms with E-state index in [4.69, 9.17) is 14.0 Å². The van der Waals surface area contributed by atoms with Gasteiger partial charge in [-0.1, -0.05) is 17.3 Å². The van der Waals surface area contributed by atoms with Crippen LogP contribution in [0.1, 0.15) is 34.3 Å². The summed E-state index contributed by atoms with van der Waals surface area (Å²) in [5.74, 6) is -0.273. The average molecular weight is 329 g/mol. The summed E-state index contributed by atoms with van der Waals surface area (Å²) in [5, 5.41) is 3.54. The fraction of sp³-hybridized carbons (Fsp3) is 0.333. The standard InChI is InChI=1S/C15H14F3NO4/c1-2-22-14(20)13-7-12(23-19-13)9-21-8-10-3-5-11(6-4-10)15(16,17)18/h3-7H,2,8-9H2,1H3. The highest BCUT2D eigenvalue weighted by Gasteiger charge is 2.29. The number of halogens is 3. The summed E-state index contributed by atoms with van der Waals surface area (Å²) in [4.78, 5) is 11.4. The van der Waals surface area contributed by atoms with Crippen molar-refractivity contribution in [3.63, 3.8) is 0 Å². The molecule has 0 amide bonds. The Morgan fingerprint density at radius 2 is 1.91 bits per heavy atom. The molecule has 124 valence electrons. The van der Waals surface area contributed by atoms with Crippen LogP contribution in [-0.4, -0.2) is 17.7 Å². The van der Waals surface area contributed by atoms with Crippen molar-refractivity contribution in [2.24, 2.45) is 0 Å². The molecule has 0 radical (unpaired) electrons. The number of esters is 1. The van der Waals surface area contributed by atoms with E-state index in [0.29, 0.717) is 11.3 Å². The Morgan fingerprint density at radius 1 is 1.22 bits per heavy atom. The number of benzene rings is 1. The van der Waals surface area contributed by atoms with Gasteiger partial charge in [0.15, 0.2) is 11.5 Å². The first-order chi connectivity index (χ1) is 10.9. The molecule has 0 aliphatic carbocycles. The number of carbonyl (C=O) groups is 1. The van der Waals surface area contributed by atoms with Crippen molar-refractivity contribution in [3.8, 4) is 0 Å². The number of hydrogen-bond donors (Lipinski definition) is 0. The van der Waals surface area contributed by atoms with Crippen LogP contribution in [0.3, 0.4) is 0 Å². The van der Waals surface area contributed by atoms with Gasteiger partial charge in [0.1, 0.15) is 6.61 Å². The molecule has 0 saturated heterocycles. The Morgan fingerprint density at radius 3 is 2.52 bits per heavy atom. The lowest BCUT2D eigenvalue weighted by Crippen LogP contribution is -2.04. The topological polar surface area (TPSA) is 61.6 Å². The molecule has 0 aliphatic heterocycles. The third-order valence-corrected chi connectivity index (χ3v) is 2.84. The van der Waals surface area contributed by atoms with Gasteiger partial charge in [0.05, 0.1) is 18.8 Å². The van der Waals surface area contributed by atoms with Gasteiger partial charge < -0.3 is 14.0 Å². The zero-order valence-electron chi connectivity index (χ0n) is 12.2. The number of hydrogen-bond acceptors (Lipinski definition) is 5. The van der Waals surface area contributed by atoms with Gasteiger partial charge in [-0.3, -0.25) is 0 Å². The van der Waals surface area contributed by atoms with E-state index in [2.05, 4.69) is 5.16 Å². The highest BCUT2D eigenvalue weighted by molar-refractivity contribution is 5.87. The molecule has 1 aromatic heterocycles. The van der Waals surface area contributed by atoms with Crippen molar-refractivity contribution in [1.82, 2.24) is 5.16 Å². The molecule has 0 unspecified atom stereocenters. The van der Waals surface area contributed by atoms with E-state index in [1.54, 1.807) is 6.92 Å². The molecule has 23 heavy (non-hydrogen) atoms. The molecule has 1 aromatic carbocycles. The summed E-state index contributed by atoms with van der Waals surface area (Å²) >= 11 is 0. The van der Waals surface area contributed by atoms with Crippen LogP contribution < -0.4 is 0 Å². The molecular weight excluding hydrogens is 315 g/mol. The fourth-order valence-corrected chi connectivity index (χ4v) is 1.74. The highest BCUT2D eigenvalue weighted by atomic mass is 19.4. The van der Waals surface area contributed by atoms with Crippen molar-refractivity contribution in [1.29, 1.82) is 0 Å². The second-order valence-electron chi connectivity index (χ2n) is 4.59. The maximum Gasteiger partial charge on any atom is 0.416 e. The van der Waals surface area contributed by atoms with Crippen LogP contribution >= 0.6 is 0 Å². The van der Waals surface area contributed by atoms with Gasteiger partial charge in [0.25, 0.3) is 0 Å². The van der Waals surface area contributed by atoms with Crippen LogP contribution in [0.5, 0.6) is 0 Å². The lowest BCUT2D eigenvalue weighted by molar-refractivity contribution is -0.137. The molecular formula is C15H14F3NO4. The van der Waals surface area contributed by atoms with E-state index >= 15 is 0 Å². The Bertz CT molecular complexity index is 649. The fourth-order valence-electron chi connectivity index (χ4n) is 1.74. The number of rotatable bonds is 6. The molecule has 0 bridgehead atoms. The third-order valence-electron chi connectivity index (χ3n) is 2.84. The van der Waals surface area contributed by atoms with Gasteiger partial charge in [0.2, 0.25) is 0 Å². The molecule has 0 fully saturated rings. The maximum atomic E-state index is 12.4. The number of nitrogens with zero attached hydrogens (tertiary/aromatic N) is 1. The van der Waals surface area contributed by atoms with Crippen molar-refractivity contribution >= 4 is 5.97 Å². The zero-order valence-corrected chi connectivity index (χ0v) is 12.2. The summed E-state index contributed by atoms with van der Waals surface area (Å²) < 4.78 is 52.3. The normalized spacial score (nSPS) is 11.5. The van der Waals surface area contributed by atoms with Crippen LogP contribution in [-0.2, 0) is 28.9 Å². The highest BCUT2D eigenvalue weighted by Crippen LogP contribution is 2.29. The minimum Gasteiger partial charge on any atom is -0.461 e. The summed E-state index contributed by atoms with van der Waals surface area (Å²) in [5.41, 5.74) is -0.0846. The van der Waals surface area contributed by atoms with Gasteiger partial charge in [-0.2, -0.15) is 13.2 Å². The molecule has 2 aromatic rings. The van der Waals surface area contributed by atoms with E-state index in [9.17, 15) is 18.0 Å². The largest absolute Gasteiger partial charge is 0.461 e. The molecule has 8 heteroatoms. The van der Waals surface area contributed by atoms with Crippen LogP contribution in [0.4, 0.5) is 13.2 Å². The van der Waals surface area contributed by atoms with E-state index in [1.807, 2.05) is 0 Å². The predicted octanol–water partition coefficient (Wildman–Crippen LogP) is 3.59. The first-order valence-corrected chi connectivity index (χ1v) is 6.76. The number of aromatic nitrogens is 1. The number of carbonyl (C=O) groups excluding carboxylic acids is 1. The van der Waals surface area contributed by atoms with Crippen molar-refractivity contribution in [2.45, 2.75) is 26.3 Å². The van der Waals surface area contributed by atoms with Gasteiger partial charge in [0, 0.05) is 6.07 Å². The van der Waals surface area contributed by atoms with E-state index in [0.717, 1.165) is 12.1 Å². The average Bonchev–Trinajstić information content (AvgIpc) is 2.96. The third kappa shape index (κ3) is 4.82. The molecule has 1 heterocycles. The summed E-state index contributed by atoms with van der Waals surface area (Å²) in [6, 6.07) is 6.06. The van der Waals surface area contributed by atoms with Crippen molar-refractivity contribution in [3.05, 3.63) is 52.9 Å². The Hall–Kier alpha value is -2.35.